The molecule has 0 spiro atoms. The molecule has 2 aliphatic rings. The molecule has 0 radical (unpaired) electrons. The van der Waals surface area contributed by atoms with Crippen molar-refractivity contribution in [2.75, 3.05) is 11.9 Å². The van der Waals surface area contributed by atoms with Gasteiger partial charge in [0, 0.05) is 30.4 Å². The first kappa shape index (κ1) is 31.2. The lowest BCUT2D eigenvalue weighted by molar-refractivity contribution is -0.115. The SMILES string of the molecule is CCC(Cc1ncccc1C#N)=NC1=NCC(CC)=C(C2CCCC(c3nnc(NC(=O)Cc4ncccc4C#N)s3)C2)S1. The molecule has 4 heterocycles. The van der Waals surface area contributed by atoms with Crippen LogP contribution in [0.3, 0.4) is 0 Å². The first-order chi connectivity index (χ1) is 21.5. The maximum Gasteiger partial charge on any atom is 0.232 e. The number of nitriles is 2. The molecule has 3 aromatic heterocycles. The van der Waals surface area contributed by atoms with Gasteiger partial charge < -0.3 is 5.32 Å². The van der Waals surface area contributed by atoms with Crippen molar-refractivity contribution in [3.05, 3.63) is 74.7 Å². The summed E-state index contributed by atoms with van der Waals surface area (Å²) in [6, 6.07) is 11.2. The van der Waals surface area contributed by atoms with Crippen LogP contribution in [0.1, 0.15) is 85.8 Å². The van der Waals surface area contributed by atoms with E-state index in [0.29, 0.717) is 40.8 Å². The second-order valence-corrected chi connectivity index (χ2v) is 12.7. The number of allylic oxidation sites excluding steroid dienone is 1. The normalized spacial score (nSPS) is 18.7. The van der Waals surface area contributed by atoms with E-state index in [9.17, 15) is 15.3 Å². The van der Waals surface area contributed by atoms with Crippen molar-refractivity contribution >= 4 is 45.0 Å². The highest BCUT2D eigenvalue weighted by atomic mass is 32.2. The molecule has 2 unspecified atom stereocenters. The zero-order valence-corrected chi connectivity index (χ0v) is 26.4. The van der Waals surface area contributed by atoms with Gasteiger partial charge in [0.05, 0.1) is 35.5 Å². The lowest BCUT2D eigenvalue weighted by atomic mass is 9.80. The fourth-order valence-corrected chi connectivity index (χ4v) is 7.65. The molecule has 10 nitrogen and oxygen atoms in total. The number of anilines is 1. The summed E-state index contributed by atoms with van der Waals surface area (Å²) in [5.41, 5.74) is 4.48. The lowest BCUT2D eigenvalue weighted by Gasteiger charge is -2.32. The highest BCUT2D eigenvalue weighted by molar-refractivity contribution is 8.17. The summed E-state index contributed by atoms with van der Waals surface area (Å²) < 4.78 is 0. The Kier molecular flexibility index (Phi) is 10.6. The third-order valence-electron chi connectivity index (χ3n) is 7.85. The first-order valence-electron chi connectivity index (χ1n) is 14.8. The predicted molar refractivity (Wildman–Crippen MR) is 173 cm³/mol. The summed E-state index contributed by atoms with van der Waals surface area (Å²) in [6.07, 6.45) is 9.71. The molecule has 0 saturated heterocycles. The highest BCUT2D eigenvalue weighted by Crippen LogP contribution is 2.46. The van der Waals surface area contributed by atoms with Crippen LogP contribution in [0.2, 0.25) is 0 Å². The number of nitrogens with one attached hydrogen (secondary N) is 1. The maximum atomic E-state index is 12.7. The van der Waals surface area contributed by atoms with E-state index in [-0.39, 0.29) is 18.2 Å². The molecule has 0 aromatic carbocycles. The van der Waals surface area contributed by atoms with Gasteiger partial charge in [0.1, 0.15) is 17.1 Å². The second kappa shape index (κ2) is 15.0. The van der Waals surface area contributed by atoms with Crippen LogP contribution in [-0.4, -0.2) is 43.5 Å². The highest BCUT2D eigenvalue weighted by Gasteiger charge is 2.31. The largest absolute Gasteiger partial charge is 0.300 e. The predicted octanol–water partition coefficient (Wildman–Crippen LogP) is 6.39. The summed E-state index contributed by atoms with van der Waals surface area (Å²) in [6.45, 7) is 4.91. The van der Waals surface area contributed by atoms with Crippen molar-refractivity contribution in [3.63, 3.8) is 0 Å². The minimum absolute atomic E-state index is 0.00276. The molecule has 3 aromatic rings. The number of nitrogens with zero attached hydrogens (tertiary/aromatic N) is 8. The number of pyridine rings is 2. The minimum atomic E-state index is -0.272. The number of carbonyl (C=O) groups is 1. The lowest BCUT2D eigenvalue weighted by Crippen LogP contribution is -2.19. The number of hydrogen-bond acceptors (Lipinski definition) is 11. The molecule has 44 heavy (non-hydrogen) atoms. The number of amidine groups is 1. The molecular weight excluding hydrogens is 591 g/mol. The van der Waals surface area contributed by atoms with Crippen molar-refractivity contribution < 1.29 is 4.79 Å². The number of carbonyl (C=O) groups excluding carboxylic acids is 1. The van der Waals surface area contributed by atoms with Crippen LogP contribution in [0.5, 0.6) is 0 Å². The standard InChI is InChI=1S/C32H33N9OS2/c1-3-20-19-37-31(38-25(4-2)15-26-23(17-33)10-6-12-35-26)43-29(20)21-8-5-9-22(14-21)30-40-41-32(44-30)39-28(42)16-27-24(18-34)11-7-13-36-27/h6-7,10-13,21-22H,3-5,8-9,14-16,19H2,1-2H3,(H,39,41,42). The van der Waals surface area contributed by atoms with Gasteiger partial charge in [-0.05, 0) is 72.8 Å². The number of rotatable bonds is 9. The fraction of sp³-hybridized carbons (Fsp3) is 0.406. The van der Waals surface area contributed by atoms with Gasteiger partial charge in [-0.25, -0.2) is 4.99 Å². The Bertz CT molecular complexity index is 1700. The Morgan fingerprint density at radius 2 is 1.73 bits per heavy atom. The van der Waals surface area contributed by atoms with Crippen LogP contribution >= 0.6 is 23.1 Å². The van der Waals surface area contributed by atoms with E-state index in [1.54, 1.807) is 48.4 Å². The Hall–Kier alpha value is -4.26. The van der Waals surface area contributed by atoms with Crippen LogP contribution in [0.4, 0.5) is 5.13 Å². The van der Waals surface area contributed by atoms with E-state index in [0.717, 1.165) is 60.1 Å². The number of aromatic nitrogens is 4. The molecule has 12 heteroatoms. The van der Waals surface area contributed by atoms with Gasteiger partial charge in [-0.3, -0.25) is 19.8 Å². The van der Waals surface area contributed by atoms with Crippen molar-refractivity contribution in [1.82, 2.24) is 20.2 Å². The van der Waals surface area contributed by atoms with E-state index in [1.807, 2.05) is 0 Å². The molecule has 224 valence electrons. The number of aliphatic imine (C=N–C) groups is 2. The average Bonchev–Trinajstić information content (AvgIpc) is 3.53. The summed E-state index contributed by atoms with van der Waals surface area (Å²) in [5.74, 6) is 0.372. The molecule has 0 bridgehead atoms. The number of thioether (sulfide) groups is 1. The molecule has 1 aliphatic carbocycles. The van der Waals surface area contributed by atoms with Gasteiger partial charge >= 0.3 is 0 Å². The molecular formula is C32H33N9OS2. The Morgan fingerprint density at radius 1 is 1.02 bits per heavy atom. The van der Waals surface area contributed by atoms with Crippen molar-refractivity contribution in [3.8, 4) is 12.1 Å². The minimum Gasteiger partial charge on any atom is -0.300 e. The smallest absolute Gasteiger partial charge is 0.232 e. The summed E-state index contributed by atoms with van der Waals surface area (Å²) in [4.78, 5) is 32.4. The molecule has 1 amide bonds. The molecule has 1 aliphatic heterocycles. The molecule has 1 N–H and O–H groups in total. The van der Waals surface area contributed by atoms with Crippen molar-refractivity contribution in [1.29, 1.82) is 10.5 Å². The third-order valence-corrected chi connectivity index (χ3v) is 10.1. The van der Waals surface area contributed by atoms with E-state index in [4.69, 9.17) is 9.98 Å². The molecule has 1 saturated carbocycles. The van der Waals surface area contributed by atoms with Crippen LogP contribution in [0, 0.1) is 28.6 Å². The van der Waals surface area contributed by atoms with Crippen LogP contribution in [-0.2, 0) is 17.6 Å². The topological polar surface area (TPSA) is 153 Å². The first-order valence-corrected chi connectivity index (χ1v) is 16.5. The van der Waals surface area contributed by atoms with Crippen LogP contribution < -0.4 is 5.32 Å². The molecule has 5 rings (SSSR count). The van der Waals surface area contributed by atoms with Gasteiger partial charge in [0.15, 0.2) is 5.17 Å². The quantitative estimate of drug-likeness (QED) is 0.269. The monoisotopic (exact) mass is 623 g/mol. The zero-order valence-electron chi connectivity index (χ0n) is 24.8. The zero-order chi connectivity index (χ0) is 30.9. The Labute approximate surface area is 265 Å². The van der Waals surface area contributed by atoms with E-state index < -0.39 is 0 Å². The number of hydrogen-bond donors (Lipinski definition) is 1. The average molecular weight is 624 g/mol. The van der Waals surface area contributed by atoms with Crippen molar-refractivity contribution in [2.24, 2.45) is 15.9 Å². The van der Waals surface area contributed by atoms with E-state index >= 15 is 0 Å². The summed E-state index contributed by atoms with van der Waals surface area (Å²) >= 11 is 3.11. The third kappa shape index (κ3) is 7.62. The number of amides is 1. The van der Waals surface area contributed by atoms with Crippen molar-refractivity contribution in [2.45, 2.75) is 71.1 Å². The molecule has 1 fully saturated rings. The van der Waals surface area contributed by atoms with Gasteiger partial charge in [0.25, 0.3) is 0 Å². The Balaban J connectivity index is 1.24. The Morgan fingerprint density at radius 3 is 2.41 bits per heavy atom. The van der Waals surface area contributed by atoms with Gasteiger partial charge in [-0.1, -0.05) is 43.4 Å². The molecule has 2 atom stereocenters. The second-order valence-electron chi connectivity index (χ2n) is 10.7. The van der Waals surface area contributed by atoms with E-state index in [2.05, 4.69) is 51.5 Å². The van der Waals surface area contributed by atoms with Gasteiger partial charge in [0.2, 0.25) is 11.0 Å². The van der Waals surface area contributed by atoms with Gasteiger partial charge in [-0.2, -0.15) is 10.5 Å². The maximum absolute atomic E-state index is 12.7. The summed E-state index contributed by atoms with van der Waals surface area (Å²) in [7, 11) is 0. The fourth-order valence-electron chi connectivity index (χ4n) is 5.51. The summed E-state index contributed by atoms with van der Waals surface area (Å²) in [5, 5.41) is 32.5. The van der Waals surface area contributed by atoms with Gasteiger partial charge in [-0.15, -0.1) is 10.2 Å². The van der Waals surface area contributed by atoms with E-state index in [1.165, 1.54) is 21.8 Å². The van der Waals surface area contributed by atoms with Crippen LogP contribution in [0.15, 0.2) is 57.1 Å². The van der Waals surface area contributed by atoms with Crippen LogP contribution in [0.25, 0.3) is 0 Å².